The highest BCUT2D eigenvalue weighted by Crippen LogP contribution is 2.35. The van der Waals surface area contributed by atoms with E-state index in [4.69, 9.17) is 0 Å². The Morgan fingerprint density at radius 3 is 2.95 bits per heavy atom. The van der Waals surface area contributed by atoms with E-state index in [2.05, 4.69) is 34.1 Å². The molecule has 0 radical (unpaired) electrons. The van der Waals surface area contributed by atoms with E-state index in [1.54, 1.807) is 0 Å². The first kappa shape index (κ1) is 13.3. The molecular weight excluding hydrogens is 272 g/mol. The fraction of sp³-hybridized carbons (Fsp3) is 0.333. The van der Waals surface area contributed by atoms with Gasteiger partial charge in [0.1, 0.15) is 5.65 Å². The van der Waals surface area contributed by atoms with Crippen LogP contribution in [0.1, 0.15) is 31.7 Å². The Morgan fingerprint density at radius 1 is 1.27 bits per heavy atom. The number of hydrogen-bond donors (Lipinski definition) is 1. The first-order valence-electron chi connectivity index (χ1n) is 7.89. The molecule has 0 amide bonds. The van der Waals surface area contributed by atoms with Gasteiger partial charge in [-0.05, 0) is 42.4 Å². The van der Waals surface area contributed by atoms with Gasteiger partial charge in [-0.3, -0.25) is 4.68 Å². The highest BCUT2D eigenvalue weighted by Gasteiger charge is 2.17. The first-order valence-corrected chi connectivity index (χ1v) is 7.89. The second-order valence-electron chi connectivity index (χ2n) is 6.22. The highest BCUT2D eigenvalue weighted by atomic mass is 15.2. The van der Waals surface area contributed by atoms with Gasteiger partial charge >= 0.3 is 0 Å². The summed E-state index contributed by atoms with van der Waals surface area (Å²) in [5, 5.41) is 5.45. The summed E-state index contributed by atoms with van der Waals surface area (Å²) in [5.74, 6) is 0.619. The molecule has 0 saturated carbocycles. The molecule has 0 aromatic carbocycles. The Morgan fingerprint density at radius 2 is 2.18 bits per heavy atom. The summed E-state index contributed by atoms with van der Waals surface area (Å²) in [6.07, 6.45) is 14.1. The van der Waals surface area contributed by atoms with E-state index in [-0.39, 0.29) is 0 Å². The lowest BCUT2D eigenvalue weighted by Gasteiger charge is -2.20. The van der Waals surface area contributed by atoms with Crippen molar-refractivity contribution < 1.29 is 0 Å². The van der Waals surface area contributed by atoms with E-state index in [9.17, 15) is 0 Å². The van der Waals surface area contributed by atoms with Crippen molar-refractivity contribution in [3.63, 3.8) is 0 Å². The standard InChI is InChI=1S/C18H20N4/c1-12-5-3-4-6-15(12)13-7-16-17(10-20-18(16)19-8-13)14-9-21-22(2)11-14/h6-12H,3-5H2,1-2H3,(H,19,20). The molecule has 3 heterocycles. The maximum atomic E-state index is 4.62. The van der Waals surface area contributed by atoms with Crippen LogP contribution in [0.5, 0.6) is 0 Å². The van der Waals surface area contributed by atoms with Crippen LogP contribution in [0, 0.1) is 5.92 Å². The maximum absolute atomic E-state index is 4.62. The van der Waals surface area contributed by atoms with E-state index in [1.807, 2.05) is 36.5 Å². The number of fused-ring (bicyclic) bond motifs is 1. The lowest BCUT2D eigenvalue weighted by atomic mass is 9.85. The van der Waals surface area contributed by atoms with Gasteiger partial charge in [-0.2, -0.15) is 5.10 Å². The van der Waals surface area contributed by atoms with Crippen molar-refractivity contribution in [2.75, 3.05) is 0 Å². The number of aryl methyl sites for hydroxylation is 1. The maximum Gasteiger partial charge on any atom is 0.137 e. The highest BCUT2D eigenvalue weighted by molar-refractivity contribution is 5.95. The molecule has 1 aliphatic rings. The molecule has 0 spiro atoms. The number of pyridine rings is 1. The predicted octanol–water partition coefficient (Wildman–Crippen LogP) is 4.17. The normalized spacial score (nSPS) is 18.6. The van der Waals surface area contributed by atoms with Crippen LogP contribution in [0.4, 0.5) is 0 Å². The van der Waals surface area contributed by atoms with Crippen LogP contribution in [0.15, 0.2) is 36.9 Å². The summed E-state index contributed by atoms with van der Waals surface area (Å²) in [6, 6.07) is 2.27. The lowest BCUT2D eigenvalue weighted by molar-refractivity contribution is 0.601. The van der Waals surface area contributed by atoms with Crippen molar-refractivity contribution in [1.29, 1.82) is 0 Å². The molecule has 3 aromatic heterocycles. The Kier molecular flexibility index (Phi) is 3.10. The molecule has 0 fully saturated rings. The molecule has 3 aromatic rings. The van der Waals surface area contributed by atoms with Gasteiger partial charge in [-0.25, -0.2) is 4.98 Å². The van der Waals surface area contributed by atoms with Crippen LogP contribution in [0.2, 0.25) is 0 Å². The Hall–Kier alpha value is -2.36. The van der Waals surface area contributed by atoms with Crippen molar-refractivity contribution in [2.24, 2.45) is 13.0 Å². The lowest BCUT2D eigenvalue weighted by Crippen LogP contribution is -2.04. The fourth-order valence-electron chi connectivity index (χ4n) is 3.40. The van der Waals surface area contributed by atoms with Gasteiger partial charge in [-0.15, -0.1) is 0 Å². The molecular formula is C18H20N4. The second-order valence-corrected chi connectivity index (χ2v) is 6.22. The van der Waals surface area contributed by atoms with Crippen LogP contribution in [-0.2, 0) is 7.05 Å². The molecule has 1 unspecified atom stereocenters. The number of nitrogens with zero attached hydrogens (tertiary/aromatic N) is 3. The van der Waals surface area contributed by atoms with Gasteiger partial charge in [0, 0.05) is 42.2 Å². The fourth-order valence-corrected chi connectivity index (χ4v) is 3.40. The summed E-state index contributed by atoms with van der Waals surface area (Å²) in [4.78, 5) is 7.89. The third kappa shape index (κ3) is 2.15. The van der Waals surface area contributed by atoms with E-state index >= 15 is 0 Å². The SMILES string of the molecule is CC1CCCC=C1c1cnc2[nH]cc(-c3cnn(C)c3)c2c1. The van der Waals surface area contributed by atoms with E-state index in [0.717, 1.165) is 11.2 Å². The minimum absolute atomic E-state index is 0.619. The smallest absolute Gasteiger partial charge is 0.137 e. The molecule has 4 rings (SSSR count). The van der Waals surface area contributed by atoms with E-state index in [0.29, 0.717) is 5.92 Å². The zero-order valence-corrected chi connectivity index (χ0v) is 13.0. The third-order valence-electron chi connectivity index (χ3n) is 4.62. The zero-order chi connectivity index (χ0) is 15.1. The van der Waals surface area contributed by atoms with Gasteiger partial charge in [0.25, 0.3) is 0 Å². The van der Waals surface area contributed by atoms with Gasteiger partial charge in [-0.1, -0.05) is 13.0 Å². The average Bonchev–Trinajstić information content (AvgIpc) is 3.13. The summed E-state index contributed by atoms with van der Waals surface area (Å²) < 4.78 is 1.83. The molecule has 1 N–H and O–H groups in total. The minimum atomic E-state index is 0.619. The van der Waals surface area contributed by atoms with Crippen LogP contribution in [0.3, 0.4) is 0 Å². The Balaban J connectivity index is 1.84. The average molecular weight is 292 g/mol. The quantitative estimate of drug-likeness (QED) is 0.770. The van der Waals surface area contributed by atoms with Crippen LogP contribution < -0.4 is 0 Å². The van der Waals surface area contributed by atoms with Crippen LogP contribution >= 0.6 is 0 Å². The molecule has 0 saturated heterocycles. The Labute approximate surface area is 129 Å². The molecule has 4 nitrogen and oxygen atoms in total. The number of hydrogen-bond acceptors (Lipinski definition) is 2. The number of allylic oxidation sites excluding steroid dienone is 2. The monoisotopic (exact) mass is 292 g/mol. The van der Waals surface area contributed by atoms with Crippen LogP contribution in [-0.4, -0.2) is 19.7 Å². The van der Waals surface area contributed by atoms with E-state index in [1.165, 1.54) is 41.3 Å². The van der Waals surface area contributed by atoms with Gasteiger partial charge in [0.05, 0.1) is 6.20 Å². The predicted molar refractivity (Wildman–Crippen MR) is 89.3 cm³/mol. The van der Waals surface area contributed by atoms with Crippen molar-refractivity contribution in [1.82, 2.24) is 19.7 Å². The van der Waals surface area contributed by atoms with Gasteiger partial charge in [0.2, 0.25) is 0 Å². The molecule has 1 aliphatic carbocycles. The number of aromatic nitrogens is 4. The number of aromatic amines is 1. The van der Waals surface area contributed by atoms with Crippen LogP contribution in [0.25, 0.3) is 27.7 Å². The van der Waals surface area contributed by atoms with Crippen molar-refractivity contribution in [2.45, 2.75) is 26.2 Å². The van der Waals surface area contributed by atoms with Crippen molar-refractivity contribution in [3.8, 4) is 11.1 Å². The summed E-state index contributed by atoms with van der Waals surface area (Å²) in [7, 11) is 1.94. The van der Waals surface area contributed by atoms with Crippen molar-refractivity contribution in [3.05, 3.63) is 42.5 Å². The molecule has 1 atom stereocenters. The molecule has 22 heavy (non-hydrogen) atoms. The molecule has 0 bridgehead atoms. The number of nitrogens with one attached hydrogen (secondary N) is 1. The second kappa shape index (κ2) is 5.13. The van der Waals surface area contributed by atoms with E-state index < -0.39 is 0 Å². The van der Waals surface area contributed by atoms with Gasteiger partial charge < -0.3 is 4.98 Å². The summed E-state index contributed by atoms with van der Waals surface area (Å²) in [5.41, 5.74) is 5.93. The van der Waals surface area contributed by atoms with Crippen molar-refractivity contribution >= 4 is 16.6 Å². The number of rotatable bonds is 2. The van der Waals surface area contributed by atoms with Gasteiger partial charge in [0.15, 0.2) is 0 Å². The summed E-state index contributed by atoms with van der Waals surface area (Å²) in [6.45, 7) is 2.31. The first-order chi connectivity index (χ1) is 10.7. The topological polar surface area (TPSA) is 46.5 Å². The molecule has 0 aliphatic heterocycles. The largest absolute Gasteiger partial charge is 0.346 e. The zero-order valence-electron chi connectivity index (χ0n) is 13.0. The molecule has 112 valence electrons. The number of H-pyrrole nitrogens is 1. The Bertz CT molecular complexity index is 853. The minimum Gasteiger partial charge on any atom is -0.346 e. The summed E-state index contributed by atoms with van der Waals surface area (Å²) >= 11 is 0. The molecule has 4 heteroatoms. The third-order valence-corrected chi connectivity index (χ3v) is 4.62.